The largest absolute Gasteiger partial charge is 0.350 e. The summed E-state index contributed by atoms with van der Waals surface area (Å²) in [5.41, 5.74) is 2.46. The minimum atomic E-state index is -0.588. The van der Waals surface area contributed by atoms with E-state index in [2.05, 4.69) is 10.8 Å². The second kappa shape index (κ2) is 14.5. The topological polar surface area (TPSA) is 97.0 Å². The van der Waals surface area contributed by atoms with Crippen LogP contribution in [-0.4, -0.2) is 55.2 Å². The molecule has 2 rings (SSSR count). The van der Waals surface area contributed by atoms with Crippen LogP contribution in [0.25, 0.3) is 0 Å². The number of carbonyl (C=O) groups is 3. The van der Waals surface area contributed by atoms with Crippen LogP contribution in [0, 0.1) is 11.8 Å². The van der Waals surface area contributed by atoms with Crippen molar-refractivity contribution >= 4 is 17.7 Å². The Hall–Kier alpha value is -1.67. The summed E-state index contributed by atoms with van der Waals surface area (Å²) in [7, 11) is 1.80. The number of rotatable bonds is 5. The van der Waals surface area contributed by atoms with Gasteiger partial charge in [0.2, 0.25) is 17.7 Å². The van der Waals surface area contributed by atoms with Gasteiger partial charge in [0, 0.05) is 39.0 Å². The fraction of sp³-hybridized carbons (Fsp3) is 0.875. The molecule has 0 saturated carbocycles. The number of amides is 3. The number of hydrogen-bond donors (Lipinski definition) is 2. The van der Waals surface area contributed by atoms with Crippen LogP contribution in [0.2, 0.25) is 0 Å². The first-order valence-corrected chi connectivity index (χ1v) is 12.5. The summed E-state index contributed by atoms with van der Waals surface area (Å²) in [5, 5.41) is 2.95. The van der Waals surface area contributed by atoms with Gasteiger partial charge in [-0.25, -0.2) is 10.3 Å². The van der Waals surface area contributed by atoms with E-state index in [4.69, 9.17) is 9.57 Å². The van der Waals surface area contributed by atoms with Crippen LogP contribution in [-0.2, 0) is 24.0 Å². The van der Waals surface area contributed by atoms with Gasteiger partial charge < -0.3 is 15.0 Å². The zero-order valence-electron chi connectivity index (χ0n) is 20.2. The van der Waals surface area contributed by atoms with Crippen molar-refractivity contribution in [3.05, 3.63) is 0 Å². The third kappa shape index (κ3) is 9.45. The first kappa shape index (κ1) is 26.6. The summed E-state index contributed by atoms with van der Waals surface area (Å²) in [4.78, 5) is 45.7. The van der Waals surface area contributed by atoms with E-state index < -0.39 is 18.2 Å². The number of hydrogen-bond acceptors (Lipinski definition) is 5. The summed E-state index contributed by atoms with van der Waals surface area (Å²) in [5.74, 6) is -1.16. The molecule has 0 radical (unpaired) electrons. The summed E-state index contributed by atoms with van der Waals surface area (Å²) < 4.78 is 5.47. The normalized spacial score (nSPS) is 27.4. The van der Waals surface area contributed by atoms with Gasteiger partial charge in [0.05, 0.1) is 0 Å². The lowest BCUT2D eigenvalue weighted by molar-refractivity contribution is -0.200. The molecule has 2 saturated heterocycles. The number of carbonyl (C=O) groups excluding carboxylic acids is 3. The summed E-state index contributed by atoms with van der Waals surface area (Å²) in [6, 6.07) is -0.588. The highest BCUT2D eigenvalue weighted by Crippen LogP contribution is 2.19. The highest BCUT2D eigenvalue weighted by Gasteiger charge is 2.31. The summed E-state index contributed by atoms with van der Waals surface area (Å²) >= 11 is 0. The SMILES string of the molecule is CC(C)C1NC(=O)C(CC(=O)NO[C@H]2CCCCO2)CCCCCCCCCN(C)C1=O. The quantitative estimate of drug-likeness (QED) is 0.623. The molecule has 2 unspecified atom stereocenters. The number of hydroxylamine groups is 1. The fourth-order valence-corrected chi connectivity index (χ4v) is 4.28. The zero-order valence-corrected chi connectivity index (χ0v) is 20.2. The minimum Gasteiger partial charge on any atom is -0.350 e. The second-order valence-electron chi connectivity index (χ2n) is 9.59. The fourth-order valence-electron chi connectivity index (χ4n) is 4.28. The van der Waals surface area contributed by atoms with Crippen molar-refractivity contribution in [2.45, 2.75) is 103 Å². The molecule has 0 aromatic rings. The molecule has 2 aliphatic heterocycles. The smallest absolute Gasteiger partial charge is 0.245 e. The van der Waals surface area contributed by atoms with E-state index in [1.54, 1.807) is 11.9 Å². The number of nitrogens with one attached hydrogen (secondary N) is 2. The molecule has 8 heteroatoms. The lowest BCUT2D eigenvalue weighted by Crippen LogP contribution is -2.52. The van der Waals surface area contributed by atoms with E-state index >= 15 is 0 Å². The Morgan fingerprint density at radius 1 is 1.06 bits per heavy atom. The van der Waals surface area contributed by atoms with E-state index in [-0.39, 0.29) is 30.1 Å². The maximum atomic E-state index is 13.1. The van der Waals surface area contributed by atoms with Crippen LogP contribution in [0.3, 0.4) is 0 Å². The Morgan fingerprint density at radius 2 is 1.72 bits per heavy atom. The van der Waals surface area contributed by atoms with E-state index in [9.17, 15) is 14.4 Å². The van der Waals surface area contributed by atoms with Crippen molar-refractivity contribution in [2.24, 2.45) is 11.8 Å². The predicted octanol–water partition coefficient (Wildman–Crippen LogP) is 3.30. The van der Waals surface area contributed by atoms with Crippen molar-refractivity contribution < 1.29 is 24.0 Å². The van der Waals surface area contributed by atoms with Crippen molar-refractivity contribution in [2.75, 3.05) is 20.2 Å². The van der Waals surface area contributed by atoms with Crippen molar-refractivity contribution in [1.82, 2.24) is 15.7 Å². The Morgan fingerprint density at radius 3 is 2.38 bits per heavy atom. The van der Waals surface area contributed by atoms with Crippen LogP contribution in [0.5, 0.6) is 0 Å². The molecule has 3 atom stereocenters. The van der Waals surface area contributed by atoms with Gasteiger partial charge in [0.1, 0.15) is 6.04 Å². The van der Waals surface area contributed by atoms with Crippen LogP contribution in [0.15, 0.2) is 0 Å². The maximum Gasteiger partial charge on any atom is 0.245 e. The molecule has 0 aromatic carbocycles. The molecule has 2 heterocycles. The van der Waals surface area contributed by atoms with Crippen molar-refractivity contribution in [3.8, 4) is 0 Å². The Bertz CT molecular complexity index is 592. The minimum absolute atomic E-state index is 0.0351. The Balaban J connectivity index is 2.00. The number of likely N-dealkylation sites (N-methyl/N-ethyl adjacent to an activating group) is 1. The summed E-state index contributed by atoms with van der Waals surface area (Å²) in [6.07, 6.45) is 10.5. The molecule has 0 aromatic heterocycles. The molecule has 184 valence electrons. The van der Waals surface area contributed by atoms with Crippen LogP contribution in [0.4, 0.5) is 0 Å². The van der Waals surface area contributed by atoms with Crippen LogP contribution < -0.4 is 10.8 Å². The van der Waals surface area contributed by atoms with E-state index in [0.29, 0.717) is 19.6 Å². The van der Waals surface area contributed by atoms with Gasteiger partial charge in [-0.3, -0.25) is 14.4 Å². The first-order chi connectivity index (χ1) is 15.4. The molecular weight excluding hydrogens is 410 g/mol. The molecule has 0 spiro atoms. The third-order valence-corrected chi connectivity index (χ3v) is 6.40. The number of ether oxygens (including phenoxy) is 1. The van der Waals surface area contributed by atoms with Crippen molar-refractivity contribution in [3.63, 3.8) is 0 Å². The molecule has 2 fully saturated rings. The van der Waals surface area contributed by atoms with Gasteiger partial charge in [-0.05, 0) is 31.6 Å². The van der Waals surface area contributed by atoms with Gasteiger partial charge in [-0.15, -0.1) is 0 Å². The molecule has 2 aliphatic rings. The van der Waals surface area contributed by atoms with Gasteiger partial charge in [-0.2, -0.15) is 0 Å². The van der Waals surface area contributed by atoms with Gasteiger partial charge >= 0.3 is 0 Å². The molecule has 0 bridgehead atoms. The van der Waals surface area contributed by atoms with Crippen LogP contribution in [0.1, 0.15) is 90.9 Å². The highest BCUT2D eigenvalue weighted by atomic mass is 16.8. The molecule has 32 heavy (non-hydrogen) atoms. The third-order valence-electron chi connectivity index (χ3n) is 6.40. The second-order valence-corrected chi connectivity index (χ2v) is 9.59. The zero-order chi connectivity index (χ0) is 23.3. The lowest BCUT2D eigenvalue weighted by Gasteiger charge is -2.28. The standard InChI is InChI=1S/C24H43N3O5/c1-18(2)22-24(30)27(3)15-11-8-6-4-5-7-9-13-19(23(29)25-22)17-20(28)26-32-21-14-10-12-16-31-21/h18-19,21-22H,4-17H2,1-3H3,(H,25,29)(H,26,28)/t19?,21-,22?/m0/s1. The molecule has 8 nitrogen and oxygen atoms in total. The lowest BCUT2D eigenvalue weighted by atomic mass is 9.94. The van der Waals surface area contributed by atoms with E-state index in [1.807, 2.05) is 13.8 Å². The van der Waals surface area contributed by atoms with Gasteiger partial charge in [0.25, 0.3) is 0 Å². The molecule has 2 N–H and O–H groups in total. The van der Waals surface area contributed by atoms with E-state index in [1.165, 1.54) is 12.8 Å². The van der Waals surface area contributed by atoms with Gasteiger partial charge in [-0.1, -0.05) is 52.4 Å². The van der Waals surface area contributed by atoms with Gasteiger partial charge in [0.15, 0.2) is 6.29 Å². The Labute approximate surface area is 193 Å². The molecule has 3 amide bonds. The van der Waals surface area contributed by atoms with Crippen molar-refractivity contribution in [1.29, 1.82) is 0 Å². The summed E-state index contributed by atoms with van der Waals surface area (Å²) in [6.45, 7) is 5.20. The molecule has 0 aliphatic carbocycles. The maximum absolute atomic E-state index is 13.1. The molecular formula is C24H43N3O5. The first-order valence-electron chi connectivity index (χ1n) is 12.5. The van der Waals surface area contributed by atoms with Crippen LogP contribution >= 0.6 is 0 Å². The van der Waals surface area contributed by atoms with E-state index in [0.717, 1.165) is 51.4 Å². The Kier molecular flexibility index (Phi) is 12.0. The average molecular weight is 454 g/mol. The monoisotopic (exact) mass is 453 g/mol. The highest BCUT2D eigenvalue weighted by molar-refractivity contribution is 5.90. The predicted molar refractivity (Wildman–Crippen MR) is 122 cm³/mol. The number of nitrogens with zero attached hydrogens (tertiary/aromatic N) is 1. The average Bonchev–Trinajstić information content (AvgIpc) is 2.78.